The Bertz CT molecular complexity index is 655. The van der Waals surface area contributed by atoms with Gasteiger partial charge in [-0.15, -0.1) is 0 Å². The lowest BCUT2D eigenvalue weighted by atomic mass is 10.2. The highest BCUT2D eigenvalue weighted by Crippen LogP contribution is 2.22. The van der Waals surface area contributed by atoms with E-state index in [0.717, 1.165) is 23.6 Å². The fourth-order valence-electron chi connectivity index (χ4n) is 2.16. The van der Waals surface area contributed by atoms with Crippen LogP contribution in [0.1, 0.15) is 22.5 Å². The molecule has 0 spiro atoms. The molecule has 0 saturated carbocycles. The molecule has 2 aromatic rings. The molecule has 114 valence electrons. The third-order valence-electron chi connectivity index (χ3n) is 3.30. The van der Waals surface area contributed by atoms with E-state index < -0.39 is 0 Å². The summed E-state index contributed by atoms with van der Waals surface area (Å²) in [6.45, 7) is 1.88. The minimum absolute atomic E-state index is 0.228. The van der Waals surface area contributed by atoms with Crippen molar-refractivity contribution in [3.63, 3.8) is 0 Å². The van der Waals surface area contributed by atoms with Crippen LogP contribution in [0.15, 0.2) is 36.5 Å². The van der Waals surface area contributed by atoms with Crippen LogP contribution < -0.4 is 10.1 Å². The van der Waals surface area contributed by atoms with Crippen molar-refractivity contribution in [2.75, 3.05) is 16.8 Å². The van der Waals surface area contributed by atoms with Crippen LogP contribution in [-0.2, 0) is 0 Å². The van der Waals surface area contributed by atoms with Gasteiger partial charge in [-0.25, -0.2) is 9.97 Å². The first kappa shape index (κ1) is 14.8. The van der Waals surface area contributed by atoms with Crippen LogP contribution in [0.5, 0.6) is 5.88 Å². The minimum atomic E-state index is -0.228. The molecule has 0 aliphatic carbocycles. The number of nitrogens with one attached hydrogen (secondary N) is 1. The summed E-state index contributed by atoms with van der Waals surface area (Å²) in [5.41, 5.74) is 1.34. The first-order valence-corrected chi connectivity index (χ1v) is 8.31. The Morgan fingerprint density at radius 2 is 2.27 bits per heavy atom. The molecule has 0 bridgehead atoms. The highest BCUT2D eigenvalue weighted by Gasteiger charge is 2.17. The number of anilines is 1. The van der Waals surface area contributed by atoms with Crippen LogP contribution in [0.3, 0.4) is 0 Å². The molecule has 5 nitrogen and oxygen atoms in total. The van der Waals surface area contributed by atoms with Gasteiger partial charge in [0.15, 0.2) is 0 Å². The second-order valence-electron chi connectivity index (χ2n) is 5.11. The number of amides is 1. The first-order chi connectivity index (χ1) is 10.7. The van der Waals surface area contributed by atoms with Crippen LogP contribution in [-0.4, -0.2) is 33.5 Å². The van der Waals surface area contributed by atoms with Gasteiger partial charge in [-0.1, -0.05) is 6.07 Å². The van der Waals surface area contributed by atoms with Gasteiger partial charge in [0.2, 0.25) is 5.88 Å². The van der Waals surface area contributed by atoms with Crippen molar-refractivity contribution in [2.45, 2.75) is 19.4 Å². The molecule has 1 aliphatic rings. The maximum atomic E-state index is 12.1. The second-order valence-corrected chi connectivity index (χ2v) is 6.26. The van der Waals surface area contributed by atoms with Crippen molar-refractivity contribution in [1.82, 2.24) is 9.97 Å². The number of aromatic nitrogens is 2. The number of thioether (sulfide) groups is 1. The van der Waals surface area contributed by atoms with E-state index in [0.29, 0.717) is 17.3 Å². The zero-order chi connectivity index (χ0) is 15.4. The molecular weight excluding hydrogens is 298 g/mol. The SMILES string of the molecule is Cc1cccc(NC(=O)c2ccc(OC3CCSC3)nc2)n1. The smallest absolute Gasteiger partial charge is 0.258 e. The highest BCUT2D eigenvalue weighted by molar-refractivity contribution is 7.99. The van der Waals surface area contributed by atoms with Crippen molar-refractivity contribution < 1.29 is 9.53 Å². The highest BCUT2D eigenvalue weighted by atomic mass is 32.2. The average Bonchev–Trinajstić information content (AvgIpc) is 3.01. The molecule has 1 saturated heterocycles. The number of ether oxygens (including phenoxy) is 1. The average molecular weight is 315 g/mol. The summed E-state index contributed by atoms with van der Waals surface area (Å²) < 4.78 is 5.77. The number of pyridine rings is 2. The normalized spacial score (nSPS) is 17.2. The number of hydrogen-bond acceptors (Lipinski definition) is 5. The van der Waals surface area contributed by atoms with Gasteiger partial charge < -0.3 is 10.1 Å². The van der Waals surface area contributed by atoms with Crippen molar-refractivity contribution in [3.05, 3.63) is 47.8 Å². The quantitative estimate of drug-likeness (QED) is 0.940. The molecule has 1 N–H and O–H groups in total. The lowest BCUT2D eigenvalue weighted by Crippen LogP contribution is -2.16. The molecule has 1 atom stereocenters. The van der Waals surface area contributed by atoms with Gasteiger partial charge in [0, 0.05) is 23.7 Å². The van der Waals surface area contributed by atoms with Crippen LogP contribution >= 0.6 is 11.8 Å². The largest absolute Gasteiger partial charge is 0.473 e. The van der Waals surface area contributed by atoms with Crippen molar-refractivity contribution in [1.29, 1.82) is 0 Å². The number of hydrogen-bond donors (Lipinski definition) is 1. The maximum absolute atomic E-state index is 12.1. The number of carbonyl (C=O) groups is 1. The van der Waals surface area contributed by atoms with Crippen molar-refractivity contribution in [3.8, 4) is 5.88 Å². The van der Waals surface area contributed by atoms with Gasteiger partial charge in [-0.05, 0) is 37.3 Å². The molecule has 6 heteroatoms. The molecular formula is C16H17N3O2S. The number of nitrogens with zero attached hydrogens (tertiary/aromatic N) is 2. The zero-order valence-corrected chi connectivity index (χ0v) is 13.1. The molecule has 0 radical (unpaired) electrons. The fourth-order valence-corrected chi connectivity index (χ4v) is 3.26. The van der Waals surface area contributed by atoms with E-state index in [-0.39, 0.29) is 12.0 Å². The van der Waals surface area contributed by atoms with E-state index in [1.165, 1.54) is 6.20 Å². The van der Waals surface area contributed by atoms with Gasteiger partial charge >= 0.3 is 0 Å². The predicted octanol–water partition coefficient (Wildman–Crippen LogP) is 2.92. The monoisotopic (exact) mass is 315 g/mol. The molecule has 0 aromatic carbocycles. The summed E-state index contributed by atoms with van der Waals surface area (Å²) in [5, 5.41) is 2.76. The summed E-state index contributed by atoms with van der Waals surface area (Å²) in [6.07, 6.45) is 2.81. The van der Waals surface area contributed by atoms with Crippen LogP contribution in [0.2, 0.25) is 0 Å². The van der Waals surface area contributed by atoms with Crippen LogP contribution in [0.4, 0.5) is 5.82 Å². The van der Waals surface area contributed by atoms with Crippen molar-refractivity contribution >= 4 is 23.5 Å². The Balaban J connectivity index is 1.63. The molecule has 1 unspecified atom stereocenters. The lowest BCUT2D eigenvalue weighted by Gasteiger charge is -2.11. The Kier molecular flexibility index (Phi) is 4.58. The third-order valence-corrected chi connectivity index (χ3v) is 4.44. The summed E-state index contributed by atoms with van der Waals surface area (Å²) in [7, 11) is 0. The standard InChI is InChI=1S/C16H17N3O2S/c1-11-3-2-4-14(18-11)19-16(20)12-5-6-15(17-9-12)21-13-7-8-22-10-13/h2-6,9,13H,7-8,10H2,1H3,(H,18,19,20). The lowest BCUT2D eigenvalue weighted by molar-refractivity contribution is 0.102. The summed E-state index contributed by atoms with van der Waals surface area (Å²) in [5.74, 6) is 3.01. The van der Waals surface area contributed by atoms with Gasteiger partial charge in [0.25, 0.3) is 5.91 Å². The molecule has 22 heavy (non-hydrogen) atoms. The Hall–Kier alpha value is -2.08. The third kappa shape index (κ3) is 3.76. The Labute approximate surface area is 133 Å². The minimum Gasteiger partial charge on any atom is -0.473 e. The van der Waals surface area contributed by atoms with Crippen LogP contribution in [0, 0.1) is 6.92 Å². The summed E-state index contributed by atoms with van der Waals surface area (Å²) in [6, 6.07) is 8.95. The van der Waals surface area contributed by atoms with Gasteiger partial charge in [-0.2, -0.15) is 11.8 Å². The van der Waals surface area contributed by atoms with Crippen LogP contribution in [0.25, 0.3) is 0 Å². The fraction of sp³-hybridized carbons (Fsp3) is 0.312. The van der Waals surface area contributed by atoms with Crippen molar-refractivity contribution in [2.24, 2.45) is 0 Å². The summed E-state index contributed by atoms with van der Waals surface area (Å²) in [4.78, 5) is 20.6. The van der Waals surface area contributed by atoms with Gasteiger partial charge in [0.1, 0.15) is 11.9 Å². The van der Waals surface area contributed by atoms with E-state index in [1.54, 1.807) is 18.2 Å². The zero-order valence-electron chi connectivity index (χ0n) is 12.3. The van der Waals surface area contributed by atoms with Gasteiger partial charge in [-0.3, -0.25) is 4.79 Å². The molecule has 1 amide bonds. The maximum Gasteiger partial charge on any atom is 0.258 e. The summed E-state index contributed by atoms with van der Waals surface area (Å²) >= 11 is 1.89. The van der Waals surface area contributed by atoms with E-state index in [2.05, 4.69) is 15.3 Å². The van der Waals surface area contributed by atoms with E-state index in [1.807, 2.05) is 30.8 Å². The number of carbonyl (C=O) groups excluding carboxylic acids is 1. The predicted molar refractivity (Wildman–Crippen MR) is 87.5 cm³/mol. The second kappa shape index (κ2) is 6.79. The molecule has 2 aromatic heterocycles. The van der Waals surface area contributed by atoms with Gasteiger partial charge in [0.05, 0.1) is 5.56 Å². The Morgan fingerprint density at radius 3 is 2.95 bits per heavy atom. The van der Waals surface area contributed by atoms with E-state index >= 15 is 0 Å². The molecule has 1 fully saturated rings. The number of aryl methyl sites for hydroxylation is 1. The molecule has 3 rings (SSSR count). The molecule has 1 aliphatic heterocycles. The number of rotatable bonds is 4. The van der Waals surface area contributed by atoms with E-state index in [4.69, 9.17) is 4.74 Å². The topological polar surface area (TPSA) is 64.1 Å². The Morgan fingerprint density at radius 1 is 1.36 bits per heavy atom. The van der Waals surface area contributed by atoms with E-state index in [9.17, 15) is 4.79 Å². The first-order valence-electron chi connectivity index (χ1n) is 7.16. The molecule has 3 heterocycles.